The van der Waals surface area contributed by atoms with Gasteiger partial charge in [0.05, 0.1) is 0 Å². The van der Waals surface area contributed by atoms with Crippen molar-refractivity contribution in [3.05, 3.63) is 35.9 Å². The molecule has 0 spiro atoms. The highest BCUT2D eigenvalue weighted by atomic mass is 19.4. The molecule has 1 saturated heterocycles. The zero-order valence-corrected chi connectivity index (χ0v) is 11.6. The standard InChI is InChI=1S/C15H21F3N2/c1-11(19)13-8-5-9-20(10-13)14(15(16,17)18)12-6-3-2-4-7-12/h2-4,6-7,11,13-14H,5,8-10,19H2,1H3. The topological polar surface area (TPSA) is 29.3 Å². The molecule has 112 valence electrons. The quantitative estimate of drug-likeness (QED) is 0.923. The number of likely N-dealkylation sites (tertiary alicyclic amines) is 1. The first kappa shape index (κ1) is 15.3. The Morgan fingerprint density at radius 1 is 1.25 bits per heavy atom. The highest BCUT2D eigenvalue weighted by molar-refractivity contribution is 5.20. The molecule has 3 atom stereocenters. The van der Waals surface area contributed by atoms with E-state index in [1.54, 1.807) is 30.3 Å². The minimum atomic E-state index is -4.26. The number of piperidine rings is 1. The van der Waals surface area contributed by atoms with E-state index >= 15 is 0 Å². The van der Waals surface area contributed by atoms with Crippen LogP contribution < -0.4 is 5.73 Å². The van der Waals surface area contributed by atoms with Crippen LogP contribution in [0, 0.1) is 5.92 Å². The highest BCUT2D eigenvalue weighted by Gasteiger charge is 2.45. The molecule has 1 heterocycles. The van der Waals surface area contributed by atoms with Crippen molar-refractivity contribution in [2.45, 2.75) is 38.0 Å². The van der Waals surface area contributed by atoms with Crippen LogP contribution >= 0.6 is 0 Å². The van der Waals surface area contributed by atoms with Crippen LogP contribution in [0.5, 0.6) is 0 Å². The van der Waals surface area contributed by atoms with E-state index in [1.165, 1.54) is 4.90 Å². The number of nitrogens with zero attached hydrogens (tertiary/aromatic N) is 1. The summed E-state index contributed by atoms with van der Waals surface area (Å²) in [5.74, 6) is 0.136. The van der Waals surface area contributed by atoms with E-state index in [1.807, 2.05) is 6.92 Å². The molecule has 2 nitrogen and oxygen atoms in total. The molecule has 3 unspecified atom stereocenters. The number of hydrogen-bond acceptors (Lipinski definition) is 2. The van der Waals surface area contributed by atoms with E-state index in [4.69, 9.17) is 5.73 Å². The van der Waals surface area contributed by atoms with Gasteiger partial charge in [-0.2, -0.15) is 13.2 Å². The molecule has 1 fully saturated rings. The maximum atomic E-state index is 13.4. The van der Waals surface area contributed by atoms with Crippen LogP contribution in [0.25, 0.3) is 0 Å². The van der Waals surface area contributed by atoms with Crippen LogP contribution in [0.2, 0.25) is 0 Å². The Hall–Kier alpha value is -1.07. The number of halogens is 3. The van der Waals surface area contributed by atoms with Gasteiger partial charge < -0.3 is 5.73 Å². The summed E-state index contributed by atoms with van der Waals surface area (Å²) in [5.41, 5.74) is 6.18. The lowest BCUT2D eigenvalue weighted by molar-refractivity contribution is -0.191. The van der Waals surface area contributed by atoms with E-state index < -0.39 is 12.2 Å². The molecular weight excluding hydrogens is 265 g/mol. The van der Waals surface area contributed by atoms with Gasteiger partial charge in [0.25, 0.3) is 0 Å². The van der Waals surface area contributed by atoms with E-state index in [2.05, 4.69) is 0 Å². The second-order valence-electron chi connectivity index (χ2n) is 5.61. The van der Waals surface area contributed by atoms with Crippen molar-refractivity contribution in [3.8, 4) is 0 Å². The minimum Gasteiger partial charge on any atom is -0.328 e. The van der Waals surface area contributed by atoms with Gasteiger partial charge in [-0.3, -0.25) is 4.90 Å². The Morgan fingerprint density at radius 3 is 2.45 bits per heavy atom. The molecular formula is C15H21F3N2. The average molecular weight is 286 g/mol. The van der Waals surface area contributed by atoms with E-state index in [0.29, 0.717) is 18.7 Å². The van der Waals surface area contributed by atoms with Crippen molar-refractivity contribution in [2.24, 2.45) is 11.7 Å². The molecule has 0 aliphatic carbocycles. The van der Waals surface area contributed by atoms with Gasteiger partial charge in [0.2, 0.25) is 0 Å². The molecule has 5 heteroatoms. The summed E-state index contributed by atoms with van der Waals surface area (Å²) in [6.45, 7) is 2.76. The second kappa shape index (κ2) is 6.14. The molecule has 1 aromatic carbocycles. The van der Waals surface area contributed by atoms with Gasteiger partial charge >= 0.3 is 6.18 Å². The SMILES string of the molecule is CC(N)C1CCCN(C(c2ccccc2)C(F)(F)F)C1. The normalized spacial score (nSPS) is 24.4. The molecule has 0 amide bonds. The molecule has 2 rings (SSSR count). The van der Waals surface area contributed by atoms with Crippen molar-refractivity contribution in [1.29, 1.82) is 0 Å². The number of hydrogen-bond donors (Lipinski definition) is 1. The smallest absolute Gasteiger partial charge is 0.328 e. The van der Waals surface area contributed by atoms with E-state index in [0.717, 1.165) is 12.8 Å². The highest BCUT2D eigenvalue weighted by Crippen LogP contribution is 2.39. The first-order chi connectivity index (χ1) is 9.39. The van der Waals surface area contributed by atoms with Crippen molar-refractivity contribution < 1.29 is 13.2 Å². The molecule has 0 radical (unpaired) electrons. The Balaban J connectivity index is 2.24. The lowest BCUT2D eigenvalue weighted by Gasteiger charge is -2.40. The van der Waals surface area contributed by atoms with Crippen molar-refractivity contribution in [3.63, 3.8) is 0 Å². The van der Waals surface area contributed by atoms with Crippen molar-refractivity contribution >= 4 is 0 Å². The number of nitrogens with two attached hydrogens (primary N) is 1. The van der Waals surface area contributed by atoms with Gasteiger partial charge in [-0.25, -0.2) is 0 Å². The monoisotopic (exact) mass is 286 g/mol. The first-order valence-corrected chi connectivity index (χ1v) is 7.01. The van der Waals surface area contributed by atoms with Crippen molar-refractivity contribution in [2.75, 3.05) is 13.1 Å². The lowest BCUT2D eigenvalue weighted by atomic mass is 9.90. The predicted octanol–water partition coefficient (Wildman–Crippen LogP) is 3.35. The van der Waals surface area contributed by atoms with E-state index in [-0.39, 0.29) is 12.0 Å². The summed E-state index contributed by atoms with van der Waals surface area (Å²) in [7, 11) is 0. The Kier molecular flexibility index (Phi) is 4.70. The van der Waals surface area contributed by atoms with Crippen LogP contribution in [-0.2, 0) is 0 Å². The zero-order chi connectivity index (χ0) is 14.8. The minimum absolute atomic E-state index is 0.0672. The second-order valence-corrected chi connectivity index (χ2v) is 5.61. The van der Waals surface area contributed by atoms with Gasteiger partial charge in [-0.1, -0.05) is 30.3 Å². The third-order valence-electron chi connectivity index (χ3n) is 4.02. The van der Waals surface area contributed by atoms with Crippen LogP contribution in [-0.4, -0.2) is 30.2 Å². The summed E-state index contributed by atoms with van der Waals surface area (Å²) in [6.07, 6.45) is -2.58. The largest absolute Gasteiger partial charge is 0.408 e. The molecule has 0 saturated carbocycles. The molecule has 2 N–H and O–H groups in total. The first-order valence-electron chi connectivity index (χ1n) is 7.01. The molecule has 1 aromatic rings. The maximum absolute atomic E-state index is 13.4. The number of benzene rings is 1. The third-order valence-corrected chi connectivity index (χ3v) is 4.02. The fraction of sp³-hybridized carbons (Fsp3) is 0.600. The summed E-state index contributed by atoms with van der Waals surface area (Å²) < 4.78 is 40.3. The van der Waals surface area contributed by atoms with Gasteiger partial charge in [0.1, 0.15) is 6.04 Å². The Bertz CT molecular complexity index is 417. The van der Waals surface area contributed by atoms with Gasteiger partial charge in [-0.05, 0) is 37.8 Å². The zero-order valence-electron chi connectivity index (χ0n) is 11.6. The van der Waals surface area contributed by atoms with Gasteiger partial charge in [-0.15, -0.1) is 0 Å². The molecule has 1 aliphatic heterocycles. The maximum Gasteiger partial charge on any atom is 0.408 e. The Labute approximate surface area is 117 Å². The predicted molar refractivity (Wildman–Crippen MR) is 73.2 cm³/mol. The van der Waals surface area contributed by atoms with Crippen molar-refractivity contribution in [1.82, 2.24) is 4.90 Å². The van der Waals surface area contributed by atoms with Crippen LogP contribution in [0.4, 0.5) is 13.2 Å². The van der Waals surface area contributed by atoms with Gasteiger partial charge in [0.15, 0.2) is 0 Å². The van der Waals surface area contributed by atoms with Crippen LogP contribution in [0.1, 0.15) is 31.4 Å². The molecule has 1 aliphatic rings. The lowest BCUT2D eigenvalue weighted by Crippen LogP contribution is -2.47. The summed E-state index contributed by atoms with van der Waals surface area (Å²) in [5, 5.41) is 0. The summed E-state index contributed by atoms with van der Waals surface area (Å²) >= 11 is 0. The summed E-state index contributed by atoms with van der Waals surface area (Å²) in [6, 6.07) is 6.55. The number of alkyl halides is 3. The molecule has 0 bridgehead atoms. The fourth-order valence-corrected chi connectivity index (χ4v) is 2.95. The van der Waals surface area contributed by atoms with Crippen LogP contribution in [0.15, 0.2) is 30.3 Å². The summed E-state index contributed by atoms with van der Waals surface area (Å²) in [4.78, 5) is 1.53. The molecule has 0 aromatic heterocycles. The van der Waals surface area contributed by atoms with E-state index in [9.17, 15) is 13.2 Å². The molecule has 20 heavy (non-hydrogen) atoms. The third kappa shape index (κ3) is 3.52. The van der Waals surface area contributed by atoms with Gasteiger partial charge in [0, 0.05) is 12.6 Å². The van der Waals surface area contributed by atoms with Crippen LogP contribution in [0.3, 0.4) is 0 Å². The number of rotatable bonds is 3. The Morgan fingerprint density at radius 2 is 1.90 bits per heavy atom. The average Bonchev–Trinajstić information content (AvgIpc) is 2.39. The fourth-order valence-electron chi connectivity index (χ4n) is 2.95.